The fourth-order valence-corrected chi connectivity index (χ4v) is 3.47. The largest absolute Gasteiger partial charge is 0.467 e. The molecular formula is C20H26ClN3O2. The molecule has 2 aliphatic rings. The van der Waals surface area contributed by atoms with Crippen molar-refractivity contribution in [3.05, 3.63) is 54.0 Å². The summed E-state index contributed by atoms with van der Waals surface area (Å²) in [6.07, 6.45) is 3.67. The van der Waals surface area contributed by atoms with Gasteiger partial charge in [0.05, 0.1) is 25.2 Å². The molecule has 1 aromatic heterocycles. The molecule has 1 saturated heterocycles. The molecule has 1 fully saturated rings. The smallest absolute Gasteiger partial charge is 0.128 e. The summed E-state index contributed by atoms with van der Waals surface area (Å²) in [4.78, 5) is 2.46. The van der Waals surface area contributed by atoms with E-state index >= 15 is 0 Å². The minimum atomic E-state index is 0. The van der Waals surface area contributed by atoms with Crippen LogP contribution in [0.5, 0.6) is 0 Å². The van der Waals surface area contributed by atoms with Crippen LogP contribution in [0.1, 0.15) is 30.2 Å². The number of hydrazone groups is 1. The number of hydrogen-bond acceptors (Lipinski definition) is 5. The molecule has 140 valence electrons. The van der Waals surface area contributed by atoms with E-state index in [1.54, 1.807) is 6.26 Å². The summed E-state index contributed by atoms with van der Waals surface area (Å²) in [6, 6.07) is 12.7. The quantitative estimate of drug-likeness (QED) is 0.790. The number of anilines is 1. The van der Waals surface area contributed by atoms with E-state index in [1.165, 1.54) is 11.3 Å². The Morgan fingerprint density at radius 3 is 2.58 bits per heavy atom. The Kier molecular flexibility index (Phi) is 6.35. The minimum Gasteiger partial charge on any atom is -0.467 e. The first-order valence-corrected chi connectivity index (χ1v) is 9.05. The van der Waals surface area contributed by atoms with Gasteiger partial charge in [0, 0.05) is 38.2 Å². The number of ether oxygens (including phenoxy) is 1. The van der Waals surface area contributed by atoms with Crippen LogP contribution in [0, 0.1) is 6.92 Å². The van der Waals surface area contributed by atoms with Gasteiger partial charge in [-0.05, 0) is 31.2 Å². The van der Waals surface area contributed by atoms with Gasteiger partial charge in [-0.3, -0.25) is 9.91 Å². The van der Waals surface area contributed by atoms with Gasteiger partial charge < -0.3 is 9.15 Å². The van der Waals surface area contributed by atoms with Crippen molar-refractivity contribution in [2.24, 2.45) is 5.10 Å². The lowest BCUT2D eigenvalue weighted by Crippen LogP contribution is -2.37. The van der Waals surface area contributed by atoms with Crippen molar-refractivity contribution in [1.82, 2.24) is 4.90 Å². The van der Waals surface area contributed by atoms with E-state index < -0.39 is 0 Å². The van der Waals surface area contributed by atoms with Crippen LogP contribution in [0.15, 0.2) is 52.2 Å². The Labute approximate surface area is 161 Å². The Morgan fingerprint density at radius 2 is 1.88 bits per heavy atom. The molecule has 0 N–H and O–H groups in total. The van der Waals surface area contributed by atoms with E-state index in [0.29, 0.717) is 0 Å². The van der Waals surface area contributed by atoms with Gasteiger partial charge in [-0.15, -0.1) is 12.4 Å². The highest BCUT2D eigenvalue weighted by Gasteiger charge is 2.31. The summed E-state index contributed by atoms with van der Waals surface area (Å²) in [5.74, 6) is 0.977. The second-order valence-electron chi connectivity index (χ2n) is 6.79. The van der Waals surface area contributed by atoms with Crippen molar-refractivity contribution in [2.75, 3.05) is 37.9 Å². The van der Waals surface area contributed by atoms with Crippen LogP contribution < -0.4 is 5.01 Å². The third kappa shape index (κ3) is 4.29. The predicted octanol–water partition coefficient (Wildman–Crippen LogP) is 4.04. The fraction of sp³-hybridized carbons (Fsp3) is 0.450. The molecule has 1 unspecified atom stereocenters. The summed E-state index contributed by atoms with van der Waals surface area (Å²) >= 11 is 0. The third-order valence-corrected chi connectivity index (χ3v) is 4.96. The lowest BCUT2D eigenvalue weighted by atomic mass is 10.1. The first-order chi connectivity index (χ1) is 12.3. The highest BCUT2D eigenvalue weighted by atomic mass is 35.5. The van der Waals surface area contributed by atoms with Crippen molar-refractivity contribution in [2.45, 2.75) is 25.8 Å². The number of rotatable bonds is 5. The average Bonchev–Trinajstić information content (AvgIpc) is 3.31. The minimum absolute atomic E-state index is 0. The Hall–Kier alpha value is -1.82. The summed E-state index contributed by atoms with van der Waals surface area (Å²) in [5.41, 5.74) is 3.62. The van der Waals surface area contributed by atoms with Crippen LogP contribution in [0.4, 0.5) is 5.69 Å². The van der Waals surface area contributed by atoms with Gasteiger partial charge in [-0.1, -0.05) is 17.7 Å². The van der Waals surface area contributed by atoms with Crippen LogP contribution in [-0.4, -0.2) is 43.5 Å². The summed E-state index contributed by atoms with van der Waals surface area (Å²) in [5, 5.41) is 7.06. The molecule has 1 atom stereocenters. The van der Waals surface area contributed by atoms with Gasteiger partial charge >= 0.3 is 0 Å². The summed E-state index contributed by atoms with van der Waals surface area (Å²) in [7, 11) is 0. The zero-order valence-corrected chi connectivity index (χ0v) is 16.0. The molecule has 0 amide bonds. The highest BCUT2D eigenvalue weighted by Crippen LogP contribution is 2.36. The second kappa shape index (κ2) is 8.71. The number of halogens is 1. The number of hydrogen-bond donors (Lipinski definition) is 0. The van der Waals surface area contributed by atoms with E-state index in [0.717, 1.165) is 57.1 Å². The summed E-state index contributed by atoms with van der Waals surface area (Å²) < 4.78 is 11.1. The van der Waals surface area contributed by atoms with E-state index in [9.17, 15) is 0 Å². The maximum atomic E-state index is 5.69. The Bertz CT molecular complexity index is 709. The molecule has 5 nitrogen and oxygen atoms in total. The van der Waals surface area contributed by atoms with Crippen molar-refractivity contribution in [3.63, 3.8) is 0 Å². The van der Waals surface area contributed by atoms with Crippen molar-refractivity contribution < 1.29 is 9.15 Å². The van der Waals surface area contributed by atoms with E-state index in [2.05, 4.69) is 41.1 Å². The molecule has 0 spiro atoms. The van der Waals surface area contributed by atoms with Gasteiger partial charge in [0.2, 0.25) is 0 Å². The van der Waals surface area contributed by atoms with Crippen LogP contribution in [0.25, 0.3) is 0 Å². The molecule has 4 rings (SSSR count). The molecule has 2 aliphatic heterocycles. The SMILES string of the molecule is Cc1ccc(N2N=C(CCN3CCOCC3)CC2c2ccco2)cc1.Cl. The van der Waals surface area contributed by atoms with Gasteiger partial charge in [0.15, 0.2) is 0 Å². The average molecular weight is 376 g/mol. The molecule has 6 heteroatoms. The fourth-order valence-electron chi connectivity index (χ4n) is 3.47. The highest BCUT2D eigenvalue weighted by molar-refractivity contribution is 5.89. The van der Waals surface area contributed by atoms with Crippen molar-refractivity contribution in [3.8, 4) is 0 Å². The van der Waals surface area contributed by atoms with Crippen LogP contribution in [0.2, 0.25) is 0 Å². The molecule has 0 radical (unpaired) electrons. The van der Waals surface area contributed by atoms with Gasteiger partial charge in [-0.25, -0.2) is 0 Å². The number of aryl methyl sites for hydroxylation is 1. The van der Waals surface area contributed by atoms with Crippen molar-refractivity contribution >= 4 is 23.8 Å². The lowest BCUT2D eigenvalue weighted by molar-refractivity contribution is 0.0392. The van der Waals surface area contributed by atoms with Crippen molar-refractivity contribution in [1.29, 1.82) is 0 Å². The van der Waals surface area contributed by atoms with Crippen LogP contribution in [-0.2, 0) is 4.74 Å². The predicted molar refractivity (Wildman–Crippen MR) is 106 cm³/mol. The van der Waals surface area contributed by atoms with Gasteiger partial charge in [0.25, 0.3) is 0 Å². The molecule has 0 aliphatic carbocycles. The molecule has 0 saturated carbocycles. The monoisotopic (exact) mass is 375 g/mol. The van der Waals surface area contributed by atoms with E-state index in [-0.39, 0.29) is 18.4 Å². The molecule has 2 aromatic rings. The number of benzene rings is 1. The zero-order chi connectivity index (χ0) is 17.1. The number of morpholine rings is 1. The molecule has 26 heavy (non-hydrogen) atoms. The number of nitrogens with zero attached hydrogens (tertiary/aromatic N) is 3. The van der Waals surface area contributed by atoms with E-state index in [4.69, 9.17) is 14.3 Å². The Morgan fingerprint density at radius 1 is 1.12 bits per heavy atom. The molecule has 1 aromatic carbocycles. The maximum Gasteiger partial charge on any atom is 0.128 e. The maximum absolute atomic E-state index is 5.69. The lowest BCUT2D eigenvalue weighted by Gasteiger charge is -2.26. The first-order valence-electron chi connectivity index (χ1n) is 9.05. The van der Waals surface area contributed by atoms with Crippen LogP contribution in [0.3, 0.4) is 0 Å². The summed E-state index contributed by atoms with van der Waals surface area (Å²) in [6.45, 7) is 6.89. The van der Waals surface area contributed by atoms with Gasteiger partial charge in [-0.2, -0.15) is 5.10 Å². The number of furan rings is 1. The molecule has 0 bridgehead atoms. The zero-order valence-electron chi connectivity index (χ0n) is 15.1. The molecule has 3 heterocycles. The van der Waals surface area contributed by atoms with Crippen LogP contribution >= 0.6 is 12.4 Å². The standard InChI is InChI=1S/C20H25N3O2.ClH/c1-16-4-6-18(7-5-16)23-19(20-3-2-12-25-20)15-17(21-23)8-9-22-10-13-24-14-11-22;/h2-7,12,19H,8-11,13-15H2,1H3;1H. The van der Waals surface area contributed by atoms with Gasteiger partial charge in [0.1, 0.15) is 11.8 Å². The second-order valence-corrected chi connectivity index (χ2v) is 6.79. The topological polar surface area (TPSA) is 41.2 Å². The third-order valence-electron chi connectivity index (χ3n) is 4.96. The van der Waals surface area contributed by atoms with E-state index in [1.807, 2.05) is 12.1 Å². The first kappa shape index (κ1) is 19.0. The normalized spacial score (nSPS) is 20.7. The Balaban J connectivity index is 0.00000196. The molecular weight excluding hydrogens is 350 g/mol.